The minimum atomic E-state index is -0.0443. The van der Waals surface area contributed by atoms with Crippen LogP contribution in [0, 0.1) is 0 Å². The molecule has 3 amide bonds. The van der Waals surface area contributed by atoms with Crippen LogP contribution in [0.5, 0.6) is 0 Å². The second-order valence-electron chi connectivity index (χ2n) is 7.47. The molecule has 0 aliphatic carbocycles. The topological polar surface area (TPSA) is 86.0 Å². The Morgan fingerprint density at radius 1 is 1.29 bits per heavy atom. The van der Waals surface area contributed by atoms with E-state index < -0.39 is 0 Å². The molecule has 6 nitrogen and oxygen atoms in total. The highest BCUT2D eigenvalue weighted by atomic mass is 35.5. The summed E-state index contributed by atoms with van der Waals surface area (Å²) in [5, 5.41) is 11.3. The monoisotopic (exact) mass is 420 g/mol. The number of aromatic amines is 1. The number of aromatic nitrogens is 1. The molecular weight excluding hydrogens is 396 g/mol. The van der Waals surface area contributed by atoms with E-state index in [4.69, 9.17) is 11.6 Å². The molecule has 3 heterocycles. The van der Waals surface area contributed by atoms with Crippen molar-refractivity contribution < 1.29 is 9.59 Å². The van der Waals surface area contributed by atoms with Gasteiger partial charge in [0.15, 0.2) is 0 Å². The zero-order valence-corrected chi connectivity index (χ0v) is 17.2. The average molecular weight is 421 g/mol. The van der Waals surface area contributed by atoms with Crippen LogP contribution in [-0.2, 0) is 11.2 Å². The fourth-order valence-electron chi connectivity index (χ4n) is 4.06. The Morgan fingerprint density at radius 2 is 2.18 bits per heavy atom. The van der Waals surface area contributed by atoms with Gasteiger partial charge < -0.3 is 20.9 Å². The average Bonchev–Trinajstić information content (AvgIpc) is 3.34. The van der Waals surface area contributed by atoms with Crippen LogP contribution in [0.2, 0.25) is 5.02 Å². The Hall–Kier alpha value is -1.86. The maximum Gasteiger partial charge on any atom is 0.315 e. The van der Waals surface area contributed by atoms with Crippen molar-refractivity contribution in [3.05, 3.63) is 35.0 Å². The molecule has 28 heavy (non-hydrogen) atoms. The zero-order valence-electron chi connectivity index (χ0n) is 15.6. The Labute approximate surface area is 173 Å². The Kier molecular flexibility index (Phi) is 6.01. The quantitative estimate of drug-likeness (QED) is 0.390. The molecule has 0 saturated carbocycles. The number of hydrogen-bond acceptors (Lipinski definition) is 3. The summed E-state index contributed by atoms with van der Waals surface area (Å²) in [6.45, 7) is 0.623. The summed E-state index contributed by atoms with van der Waals surface area (Å²) < 4.78 is 0. The van der Waals surface area contributed by atoms with Crippen LogP contribution in [0.1, 0.15) is 31.2 Å². The molecule has 2 aliphatic heterocycles. The molecule has 4 rings (SSSR count). The van der Waals surface area contributed by atoms with Gasteiger partial charge in [0.05, 0.1) is 12.1 Å². The number of rotatable bonds is 8. The Morgan fingerprint density at radius 3 is 3.07 bits per heavy atom. The highest BCUT2D eigenvalue weighted by Crippen LogP contribution is 2.33. The maximum atomic E-state index is 12.1. The van der Waals surface area contributed by atoms with E-state index in [2.05, 4.69) is 20.9 Å². The molecule has 2 aromatic rings. The summed E-state index contributed by atoms with van der Waals surface area (Å²) in [6, 6.07) is 6.27. The van der Waals surface area contributed by atoms with Crippen LogP contribution in [0.3, 0.4) is 0 Å². The molecular formula is C20H25ClN4O2S. The molecule has 8 heteroatoms. The van der Waals surface area contributed by atoms with Crippen molar-refractivity contribution >= 4 is 46.2 Å². The molecule has 2 aliphatic rings. The Balaban J connectivity index is 1.13. The predicted molar refractivity (Wildman–Crippen MR) is 114 cm³/mol. The molecule has 0 bridgehead atoms. The standard InChI is InChI=1S/C20H25ClN4O2S/c21-13-5-6-15-14(9-13)12(10-23-15)7-8-22-18(26)4-2-1-3-17-19-16(11-28-17)24-20(27)25-19/h5-6,9-10,16-17,19,23H,1-4,7-8,11H2,(H,22,26)(H2,24,25,27). The van der Waals surface area contributed by atoms with Gasteiger partial charge >= 0.3 is 6.03 Å². The van der Waals surface area contributed by atoms with Crippen LogP contribution in [-0.4, -0.2) is 46.6 Å². The SMILES string of the molecule is O=C(CCCCC1SCC2NC(=O)NC21)NCCc1c[nH]c2ccc(Cl)cc12. The van der Waals surface area contributed by atoms with E-state index in [1.807, 2.05) is 36.2 Å². The molecule has 0 spiro atoms. The molecule has 0 radical (unpaired) electrons. The van der Waals surface area contributed by atoms with Crippen molar-refractivity contribution in [2.75, 3.05) is 12.3 Å². The van der Waals surface area contributed by atoms with Gasteiger partial charge in [-0.2, -0.15) is 11.8 Å². The van der Waals surface area contributed by atoms with E-state index in [9.17, 15) is 9.59 Å². The van der Waals surface area contributed by atoms with Gasteiger partial charge in [0.1, 0.15) is 0 Å². The molecule has 3 atom stereocenters. The number of thioether (sulfide) groups is 1. The smallest absolute Gasteiger partial charge is 0.315 e. The van der Waals surface area contributed by atoms with E-state index in [-0.39, 0.29) is 24.0 Å². The number of halogens is 1. The maximum absolute atomic E-state index is 12.1. The number of urea groups is 1. The zero-order chi connectivity index (χ0) is 19.5. The normalized spacial score (nSPS) is 23.5. The highest BCUT2D eigenvalue weighted by molar-refractivity contribution is 8.00. The van der Waals surface area contributed by atoms with Crippen molar-refractivity contribution in [1.29, 1.82) is 0 Å². The first-order valence-electron chi connectivity index (χ1n) is 9.81. The van der Waals surface area contributed by atoms with Gasteiger partial charge in [-0.1, -0.05) is 18.0 Å². The predicted octanol–water partition coefficient (Wildman–Crippen LogP) is 3.21. The minimum absolute atomic E-state index is 0.0443. The van der Waals surface area contributed by atoms with Gasteiger partial charge in [-0.05, 0) is 43.0 Å². The fourth-order valence-corrected chi connectivity index (χ4v) is 5.77. The number of amides is 3. The summed E-state index contributed by atoms with van der Waals surface area (Å²) in [5.74, 6) is 1.08. The lowest BCUT2D eigenvalue weighted by Crippen LogP contribution is -2.36. The van der Waals surface area contributed by atoms with Crippen LogP contribution in [0.25, 0.3) is 10.9 Å². The fraction of sp³-hybridized carbons (Fsp3) is 0.500. The number of hydrogen-bond donors (Lipinski definition) is 4. The van der Waals surface area contributed by atoms with Crippen LogP contribution >= 0.6 is 23.4 Å². The third-order valence-corrected chi connectivity index (χ3v) is 7.27. The number of fused-ring (bicyclic) bond motifs is 2. The summed E-state index contributed by atoms with van der Waals surface area (Å²) in [5.41, 5.74) is 2.23. The van der Waals surface area contributed by atoms with Crippen LogP contribution in [0.4, 0.5) is 4.79 Å². The van der Waals surface area contributed by atoms with E-state index in [0.717, 1.165) is 52.9 Å². The number of carbonyl (C=O) groups excluding carboxylic acids is 2. The second-order valence-corrected chi connectivity index (χ2v) is 9.18. The van der Waals surface area contributed by atoms with Gasteiger partial charge in [-0.25, -0.2) is 4.79 Å². The first kappa shape index (κ1) is 19.5. The van der Waals surface area contributed by atoms with E-state index in [0.29, 0.717) is 18.2 Å². The molecule has 2 saturated heterocycles. The van der Waals surface area contributed by atoms with Gasteiger partial charge in [0.25, 0.3) is 0 Å². The lowest BCUT2D eigenvalue weighted by Gasteiger charge is -2.16. The molecule has 2 fully saturated rings. The van der Waals surface area contributed by atoms with Gasteiger partial charge in [-0.15, -0.1) is 0 Å². The van der Waals surface area contributed by atoms with E-state index in [1.54, 1.807) is 0 Å². The van der Waals surface area contributed by atoms with E-state index >= 15 is 0 Å². The third kappa shape index (κ3) is 4.41. The lowest BCUT2D eigenvalue weighted by atomic mass is 10.0. The summed E-state index contributed by atoms with van der Waals surface area (Å²) >= 11 is 8.00. The number of carbonyl (C=O) groups is 2. The lowest BCUT2D eigenvalue weighted by molar-refractivity contribution is -0.121. The summed E-state index contributed by atoms with van der Waals surface area (Å²) in [4.78, 5) is 26.7. The first-order valence-corrected chi connectivity index (χ1v) is 11.2. The van der Waals surface area contributed by atoms with Crippen molar-refractivity contribution in [2.24, 2.45) is 0 Å². The van der Waals surface area contributed by atoms with Crippen LogP contribution < -0.4 is 16.0 Å². The van der Waals surface area contributed by atoms with Gasteiger partial charge in [0, 0.05) is 46.1 Å². The second kappa shape index (κ2) is 8.66. The number of benzene rings is 1. The van der Waals surface area contributed by atoms with Gasteiger partial charge in [0.2, 0.25) is 5.91 Å². The molecule has 3 unspecified atom stereocenters. The molecule has 4 N–H and O–H groups in total. The first-order chi connectivity index (χ1) is 13.6. The van der Waals surface area contributed by atoms with Crippen molar-refractivity contribution in [1.82, 2.24) is 20.9 Å². The Bertz CT molecular complexity index is 871. The largest absolute Gasteiger partial charge is 0.361 e. The van der Waals surface area contributed by atoms with Gasteiger partial charge in [-0.3, -0.25) is 4.79 Å². The number of nitrogens with one attached hydrogen (secondary N) is 4. The molecule has 1 aromatic heterocycles. The third-order valence-electron chi connectivity index (χ3n) is 5.53. The molecule has 150 valence electrons. The van der Waals surface area contributed by atoms with Crippen molar-refractivity contribution in [2.45, 2.75) is 49.4 Å². The highest BCUT2D eigenvalue weighted by Gasteiger charge is 2.42. The molecule has 1 aromatic carbocycles. The number of H-pyrrole nitrogens is 1. The van der Waals surface area contributed by atoms with E-state index in [1.165, 1.54) is 0 Å². The number of unbranched alkanes of at least 4 members (excludes halogenated alkanes) is 1. The minimum Gasteiger partial charge on any atom is -0.361 e. The van der Waals surface area contributed by atoms with Crippen LogP contribution in [0.15, 0.2) is 24.4 Å². The van der Waals surface area contributed by atoms with Crippen molar-refractivity contribution in [3.63, 3.8) is 0 Å². The summed E-state index contributed by atoms with van der Waals surface area (Å²) in [6.07, 6.45) is 6.24. The van der Waals surface area contributed by atoms with Crippen molar-refractivity contribution in [3.8, 4) is 0 Å². The summed E-state index contributed by atoms with van der Waals surface area (Å²) in [7, 11) is 0.